The molecule has 154 valence electrons. The van der Waals surface area contributed by atoms with Crippen LogP contribution in [0, 0.1) is 5.82 Å². The average molecular weight is 515 g/mol. The van der Waals surface area contributed by atoms with E-state index in [1.54, 1.807) is 41.8 Å². The fraction of sp³-hybridized carbons (Fsp3) is 0.0455. The second-order valence-corrected chi connectivity index (χ2v) is 9.68. The van der Waals surface area contributed by atoms with E-state index in [1.807, 2.05) is 0 Å². The number of hydrogen-bond acceptors (Lipinski definition) is 6. The highest BCUT2D eigenvalue weighted by atomic mass is 79.9. The molecule has 9 heteroatoms. The van der Waals surface area contributed by atoms with Crippen molar-refractivity contribution in [3.05, 3.63) is 92.0 Å². The molecule has 0 saturated heterocycles. The predicted molar refractivity (Wildman–Crippen MR) is 122 cm³/mol. The Kier molecular flexibility index (Phi) is 4.96. The fourth-order valence-corrected chi connectivity index (χ4v) is 5.48. The summed E-state index contributed by atoms with van der Waals surface area (Å²) in [6, 6.07) is 13.9. The summed E-state index contributed by atoms with van der Waals surface area (Å²) in [5.74, 6) is -2.14. The van der Waals surface area contributed by atoms with Gasteiger partial charge in [0.05, 0.1) is 26.7 Å². The van der Waals surface area contributed by atoms with Crippen LogP contribution >= 0.6 is 38.6 Å². The van der Waals surface area contributed by atoms with Crippen molar-refractivity contribution < 1.29 is 19.1 Å². The number of anilines is 1. The summed E-state index contributed by atoms with van der Waals surface area (Å²) in [4.78, 5) is 32.6. The van der Waals surface area contributed by atoms with Gasteiger partial charge in [-0.05, 0) is 47.3 Å². The number of nitrogens with zero attached hydrogens (tertiary/aromatic N) is 2. The van der Waals surface area contributed by atoms with Crippen LogP contribution in [0.4, 0.5) is 9.52 Å². The first-order chi connectivity index (χ1) is 14.9. The summed E-state index contributed by atoms with van der Waals surface area (Å²) in [6.45, 7) is 0. The van der Waals surface area contributed by atoms with Crippen molar-refractivity contribution in [3.63, 3.8) is 0 Å². The Hall–Kier alpha value is -2.88. The molecule has 1 amide bonds. The van der Waals surface area contributed by atoms with Gasteiger partial charge in [-0.15, -0.1) is 11.3 Å². The normalized spacial score (nSPS) is 16.5. The lowest BCUT2D eigenvalue weighted by Gasteiger charge is -2.24. The van der Waals surface area contributed by atoms with Gasteiger partial charge in [0.2, 0.25) is 5.78 Å². The number of rotatable bonds is 4. The minimum Gasteiger partial charge on any atom is -0.503 e. The van der Waals surface area contributed by atoms with Crippen molar-refractivity contribution in [3.8, 4) is 0 Å². The van der Waals surface area contributed by atoms with E-state index in [2.05, 4.69) is 20.9 Å². The smallest absolute Gasteiger partial charge is 0.296 e. The van der Waals surface area contributed by atoms with Gasteiger partial charge in [-0.3, -0.25) is 14.5 Å². The van der Waals surface area contributed by atoms with E-state index in [9.17, 15) is 19.1 Å². The maximum Gasteiger partial charge on any atom is 0.296 e. The molecule has 0 aliphatic carbocycles. The van der Waals surface area contributed by atoms with E-state index in [-0.39, 0.29) is 10.7 Å². The molecule has 31 heavy (non-hydrogen) atoms. The molecule has 0 fully saturated rings. The lowest BCUT2D eigenvalue weighted by molar-refractivity contribution is -0.117. The van der Waals surface area contributed by atoms with E-state index >= 15 is 0 Å². The highest BCUT2D eigenvalue weighted by molar-refractivity contribution is 9.10. The molecule has 0 radical (unpaired) electrons. The topological polar surface area (TPSA) is 70.5 Å². The maximum atomic E-state index is 13.7. The molecular formula is C22H12BrFN2O3S2. The van der Waals surface area contributed by atoms with Gasteiger partial charge in [0.1, 0.15) is 5.82 Å². The van der Waals surface area contributed by atoms with Gasteiger partial charge >= 0.3 is 0 Å². The third-order valence-corrected chi connectivity index (χ3v) is 7.34. The molecule has 3 heterocycles. The van der Waals surface area contributed by atoms with Crippen molar-refractivity contribution in [2.45, 2.75) is 6.04 Å². The van der Waals surface area contributed by atoms with Gasteiger partial charge in [0, 0.05) is 4.47 Å². The van der Waals surface area contributed by atoms with Gasteiger partial charge in [-0.2, -0.15) is 0 Å². The Balaban J connectivity index is 1.68. The van der Waals surface area contributed by atoms with Crippen molar-refractivity contribution in [2.24, 2.45) is 0 Å². The van der Waals surface area contributed by atoms with Gasteiger partial charge in [-0.1, -0.05) is 45.5 Å². The third-order valence-electron chi connectivity index (χ3n) is 4.93. The lowest BCUT2D eigenvalue weighted by Crippen LogP contribution is -2.30. The molecular weight excluding hydrogens is 503 g/mol. The minimum atomic E-state index is -0.861. The van der Waals surface area contributed by atoms with Gasteiger partial charge in [0.15, 0.2) is 10.9 Å². The summed E-state index contributed by atoms with van der Waals surface area (Å²) in [5, 5.41) is 12.8. The molecule has 0 unspecified atom stereocenters. The molecule has 2 aromatic carbocycles. The number of aliphatic hydroxyl groups is 1. The molecule has 5 nitrogen and oxygen atoms in total. The van der Waals surface area contributed by atoms with Gasteiger partial charge in [0.25, 0.3) is 5.91 Å². The molecule has 2 aromatic heterocycles. The van der Waals surface area contributed by atoms with Crippen LogP contribution in [0.2, 0.25) is 0 Å². The molecule has 5 rings (SSSR count). The Morgan fingerprint density at radius 3 is 2.65 bits per heavy atom. The number of ketones is 1. The summed E-state index contributed by atoms with van der Waals surface area (Å²) < 4.78 is 15.1. The highest BCUT2D eigenvalue weighted by Crippen LogP contribution is 2.44. The van der Waals surface area contributed by atoms with E-state index in [1.165, 1.54) is 34.4 Å². The zero-order chi connectivity index (χ0) is 21.7. The number of carbonyl (C=O) groups is 2. The largest absolute Gasteiger partial charge is 0.503 e. The molecule has 1 N–H and O–H groups in total. The van der Waals surface area contributed by atoms with Crippen LogP contribution < -0.4 is 4.90 Å². The quantitative estimate of drug-likeness (QED) is 0.337. The van der Waals surface area contributed by atoms with Crippen LogP contribution in [0.25, 0.3) is 10.2 Å². The maximum absolute atomic E-state index is 13.7. The number of thiophene rings is 1. The Morgan fingerprint density at radius 2 is 1.94 bits per heavy atom. The SMILES string of the molecule is O=C(C1=C(O)C(=O)N(c2nc3ccc(F)cc3s2)[C@H]1c1ccc(Br)cc1)c1cccs1. The number of fused-ring (bicyclic) bond motifs is 1. The summed E-state index contributed by atoms with van der Waals surface area (Å²) >= 11 is 5.75. The Labute approximate surface area is 192 Å². The van der Waals surface area contributed by atoms with Crippen LogP contribution in [0.3, 0.4) is 0 Å². The number of halogens is 2. The second kappa shape index (κ2) is 7.67. The average Bonchev–Trinajstić information content (AvgIpc) is 3.47. The van der Waals surface area contributed by atoms with E-state index < -0.39 is 29.3 Å². The number of benzene rings is 2. The van der Waals surface area contributed by atoms with Crippen LogP contribution in [-0.4, -0.2) is 21.8 Å². The zero-order valence-electron chi connectivity index (χ0n) is 15.6. The number of Topliss-reactive ketones (excluding diaryl/α,β-unsaturated/α-hetero) is 1. The Bertz CT molecular complexity index is 1360. The summed E-state index contributed by atoms with van der Waals surface area (Å²) in [5.41, 5.74) is 1.17. The predicted octanol–water partition coefficient (Wildman–Crippen LogP) is 6.04. The zero-order valence-corrected chi connectivity index (χ0v) is 18.8. The van der Waals surface area contributed by atoms with Crippen LogP contribution in [-0.2, 0) is 4.79 Å². The lowest BCUT2D eigenvalue weighted by atomic mass is 9.96. The number of aliphatic hydroxyl groups excluding tert-OH is 1. The van der Waals surface area contributed by atoms with Crippen molar-refractivity contribution in [1.82, 2.24) is 4.98 Å². The molecule has 0 spiro atoms. The molecule has 1 atom stereocenters. The molecule has 1 aliphatic heterocycles. The fourth-order valence-electron chi connectivity index (χ4n) is 3.52. The molecule has 0 saturated carbocycles. The summed E-state index contributed by atoms with van der Waals surface area (Å²) in [7, 11) is 0. The van der Waals surface area contributed by atoms with E-state index in [4.69, 9.17) is 0 Å². The summed E-state index contributed by atoms with van der Waals surface area (Å²) in [6.07, 6.45) is 0. The number of carbonyl (C=O) groups excluding carboxylic acids is 2. The second-order valence-electron chi connectivity index (χ2n) is 6.81. The van der Waals surface area contributed by atoms with Crippen LogP contribution in [0.5, 0.6) is 0 Å². The van der Waals surface area contributed by atoms with E-state index in [0.717, 1.165) is 15.8 Å². The van der Waals surface area contributed by atoms with Gasteiger partial charge < -0.3 is 5.11 Å². The molecule has 0 bridgehead atoms. The molecule has 4 aromatic rings. The monoisotopic (exact) mass is 514 g/mol. The first-order valence-corrected chi connectivity index (χ1v) is 11.6. The Morgan fingerprint density at radius 1 is 1.16 bits per heavy atom. The number of amides is 1. The first-order valence-electron chi connectivity index (χ1n) is 9.10. The number of aromatic nitrogens is 1. The first kappa shape index (κ1) is 20.0. The standard InChI is InChI=1S/C22H12BrFN2O3S2/c23-12-5-3-11(4-6-12)18-17(19(27)15-2-1-9-30-15)20(28)21(29)26(18)22-25-14-8-7-13(24)10-16(14)31-22/h1-10,18,28H/t18-/m0/s1. The molecule has 1 aliphatic rings. The van der Waals surface area contributed by atoms with Crippen LogP contribution in [0.1, 0.15) is 21.3 Å². The van der Waals surface area contributed by atoms with Crippen molar-refractivity contribution in [2.75, 3.05) is 4.90 Å². The van der Waals surface area contributed by atoms with Crippen LogP contribution in [0.15, 0.2) is 75.8 Å². The van der Waals surface area contributed by atoms with E-state index in [0.29, 0.717) is 20.7 Å². The van der Waals surface area contributed by atoms with Crippen molar-refractivity contribution in [1.29, 1.82) is 0 Å². The minimum absolute atomic E-state index is 0.000194. The number of hydrogen-bond donors (Lipinski definition) is 1. The van der Waals surface area contributed by atoms with Crippen molar-refractivity contribution >= 4 is 65.6 Å². The highest BCUT2D eigenvalue weighted by Gasteiger charge is 2.46. The van der Waals surface area contributed by atoms with Gasteiger partial charge in [-0.25, -0.2) is 9.37 Å². The number of thiazole rings is 1. The third kappa shape index (κ3) is 3.38.